The molecule has 0 bridgehead atoms. The second-order valence-corrected chi connectivity index (χ2v) is 4.26. The molecule has 112 valence electrons. The minimum Gasteiger partial charge on any atom is -0.497 e. The fraction of sp³-hybridized carbons (Fsp3) is 0.286. The van der Waals surface area contributed by atoms with Crippen molar-refractivity contribution in [1.29, 1.82) is 0 Å². The largest absolute Gasteiger partial charge is 0.497 e. The smallest absolute Gasteiger partial charge is 0.433 e. The third-order valence-electron chi connectivity index (χ3n) is 3.12. The number of rotatable bonds is 6. The number of nitro groups is 1. The standard InChI is InChI=1S/C14H16N2O5/c1-15-14(11-6-7-13(21-11)16(17)18)10-5-4-9(19-2)8-12(10)20-3/h4-8,14-15H,1-3H3. The van der Waals surface area contributed by atoms with E-state index in [1.54, 1.807) is 39.5 Å². The van der Waals surface area contributed by atoms with E-state index in [2.05, 4.69) is 5.32 Å². The molecule has 1 aromatic carbocycles. The third-order valence-corrected chi connectivity index (χ3v) is 3.12. The molecule has 0 saturated heterocycles. The lowest BCUT2D eigenvalue weighted by molar-refractivity contribution is -0.402. The molecule has 7 heteroatoms. The van der Waals surface area contributed by atoms with Crippen LogP contribution in [0.15, 0.2) is 34.7 Å². The van der Waals surface area contributed by atoms with E-state index in [0.29, 0.717) is 17.3 Å². The van der Waals surface area contributed by atoms with Gasteiger partial charge in [0.25, 0.3) is 0 Å². The van der Waals surface area contributed by atoms with Crippen LogP contribution in [-0.4, -0.2) is 26.2 Å². The molecular weight excluding hydrogens is 276 g/mol. The summed E-state index contributed by atoms with van der Waals surface area (Å²) in [5, 5.41) is 13.8. The molecule has 1 heterocycles. The van der Waals surface area contributed by atoms with Crippen LogP contribution in [0, 0.1) is 10.1 Å². The number of benzene rings is 1. The lowest BCUT2D eigenvalue weighted by Gasteiger charge is -2.17. The molecule has 2 rings (SSSR count). The van der Waals surface area contributed by atoms with E-state index in [-0.39, 0.29) is 11.9 Å². The molecule has 1 N–H and O–H groups in total. The van der Waals surface area contributed by atoms with Gasteiger partial charge in [0.05, 0.1) is 26.3 Å². The molecule has 0 fully saturated rings. The third kappa shape index (κ3) is 2.97. The Morgan fingerprint density at radius 2 is 2.00 bits per heavy atom. The van der Waals surface area contributed by atoms with Crippen molar-refractivity contribution in [3.05, 3.63) is 51.8 Å². The van der Waals surface area contributed by atoms with Crippen molar-refractivity contribution in [2.75, 3.05) is 21.3 Å². The van der Waals surface area contributed by atoms with Gasteiger partial charge in [0.15, 0.2) is 0 Å². The summed E-state index contributed by atoms with van der Waals surface area (Å²) in [5.41, 5.74) is 0.796. The normalized spacial score (nSPS) is 12.0. The Bertz CT molecular complexity index is 638. The molecule has 0 aliphatic heterocycles. The van der Waals surface area contributed by atoms with Crippen LogP contribution in [0.1, 0.15) is 17.4 Å². The SMILES string of the molecule is CNC(c1ccc([N+](=O)[O-])o1)c1ccc(OC)cc1OC. The summed E-state index contributed by atoms with van der Waals surface area (Å²) in [6, 6.07) is 7.90. The Hall–Kier alpha value is -2.54. The average Bonchev–Trinajstić information content (AvgIpc) is 2.98. The maximum atomic E-state index is 10.7. The number of nitrogens with one attached hydrogen (secondary N) is 1. The maximum Gasteiger partial charge on any atom is 0.433 e. The van der Waals surface area contributed by atoms with E-state index in [4.69, 9.17) is 13.9 Å². The Labute approximate surface area is 121 Å². The van der Waals surface area contributed by atoms with Gasteiger partial charge in [-0.1, -0.05) is 0 Å². The van der Waals surface area contributed by atoms with Crippen LogP contribution in [0.25, 0.3) is 0 Å². The predicted molar refractivity (Wildman–Crippen MR) is 75.8 cm³/mol. The van der Waals surface area contributed by atoms with Crippen LogP contribution in [-0.2, 0) is 0 Å². The molecule has 1 atom stereocenters. The van der Waals surface area contributed by atoms with Crippen molar-refractivity contribution in [1.82, 2.24) is 5.32 Å². The van der Waals surface area contributed by atoms with Gasteiger partial charge in [-0.15, -0.1) is 0 Å². The van der Waals surface area contributed by atoms with E-state index >= 15 is 0 Å². The van der Waals surface area contributed by atoms with Crippen LogP contribution >= 0.6 is 0 Å². The molecule has 0 spiro atoms. The highest BCUT2D eigenvalue weighted by Gasteiger charge is 2.23. The molecule has 1 unspecified atom stereocenters. The van der Waals surface area contributed by atoms with Crippen molar-refractivity contribution < 1.29 is 18.8 Å². The zero-order valence-electron chi connectivity index (χ0n) is 12.0. The van der Waals surface area contributed by atoms with Crippen LogP contribution in [0.5, 0.6) is 11.5 Å². The monoisotopic (exact) mass is 292 g/mol. The van der Waals surface area contributed by atoms with E-state index in [0.717, 1.165) is 5.56 Å². The molecule has 0 amide bonds. The van der Waals surface area contributed by atoms with Crippen LogP contribution < -0.4 is 14.8 Å². The summed E-state index contributed by atoms with van der Waals surface area (Å²) in [4.78, 5) is 10.2. The summed E-state index contributed by atoms with van der Waals surface area (Å²) in [5.74, 6) is 1.41. The number of methoxy groups -OCH3 is 2. The second-order valence-electron chi connectivity index (χ2n) is 4.26. The lowest BCUT2D eigenvalue weighted by Crippen LogP contribution is -2.17. The van der Waals surface area contributed by atoms with Gasteiger partial charge in [-0.25, -0.2) is 0 Å². The van der Waals surface area contributed by atoms with Gasteiger partial charge in [0.2, 0.25) is 0 Å². The molecule has 2 aromatic rings. The molecule has 0 radical (unpaired) electrons. The number of hydrogen-bond acceptors (Lipinski definition) is 6. The Morgan fingerprint density at radius 3 is 2.52 bits per heavy atom. The highest BCUT2D eigenvalue weighted by Crippen LogP contribution is 2.34. The topological polar surface area (TPSA) is 86.8 Å². The maximum absolute atomic E-state index is 10.7. The zero-order valence-corrected chi connectivity index (χ0v) is 12.0. The average molecular weight is 292 g/mol. The lowest BCUT2D eigenvalue weighted by atomic mass is 10.0. The number of nitrogens with zero attached hydrogens (tertiary/aromatic N) is 1. The van der Waals surface area contributed by atoms with Gasteiger partial charge in [-0.2, -0.15) is 0 Å². The molecular formula is C14H16N2O5. The minimum atomic E-state index is -0.568. The van der Waals surface area contributed by atoms with Gasteiger partial charge in [0.1, 0.15) is 22.2 Å². The summed E-state index contributed by atoms with van der Waals surface area (Å²) >= 11 is 0. The van der Waals surface area contributed by atoms with Crippen LogP contribution in [0.3, 0.4) is 0 Å². The van der Waals surface area contributed by atoms with Crippen molar-refractivity contribution in [3.8, 4) is 11.5 Å². The zero-order chi connectivity index (χ0) is 15.4. The number of ether oxygens (including phenoxy) is 2. The van der Waals surface area contributed by atoms with Gasteiger partial charge < -0.3 is 19.2 Å². The first-order valence-corrected chi connectivity index (χ1v) is 6.24. The summed E-state index contributed by atoms with van der Waals surface area (Å²) in [6.07, 6.45) is 0. The Balaban J connectivity index is 2.42. The first kappa shape index (κ1) is 14.9. The highest BCUT2D eigenvalue weighted by molar-refractivity contribution is 5.45. The predicted octanol–water partition coefficient (Wildman–Crippen LogP) is 2.51. The van der Waals surface area contributed by atoms with E-state index < -0.39 is 4.92 Å². The molecule has 7 nitrogen and oxygen atoms in total. The highest BCUT2D eigenvalue weighted by atomic mass is 16.6. The molecule has 0 aliphatic carbocycles. The van der Waals surface area contributed by atoms with Crippen molar-refractivity contribution in [2.45, 2.75) is 6.04 Å². The first-order chi connectivity index (χ1) is 10.1. The number of furan rings is 1. The second kappa shape index (κ2) is 6.27. The molecule has 21 heavy (non-hydrogen) atoms. The van der Waals surface area contributed by atoms with Crippen molar-refractivity contribution >= 4 is 5.88 Å². The summed E-state index contributed by atoms with van der Waals surface area (Å²) < 4.78 is 15.8. The quantitative estimate of drug-likeness (QED) is 0.650. The molecule has 0 aliphatic rings. The fourth-order valence-corrected chi connectivity index (χ4v) is 2.10. The minimum absolute atomic E-state index is 0.294. The van der Waals surface area contributed by atoms with E-state index in [1.807, 2.05) is 6.07 Å². The van der Waals surface area contributed by atoms with Gasteiger partial charge in [-0.05, 0) is 25.2 Å². The van der Waals surface area contributed by atoms with E-state index in [9.17, 15) is 10.1 Å². The van der Waals surface area contributed by atoms with Crippen molar-refractivity contribution in [2.24, 2.45) is 0 Å². The Morgan fingerprint density at radius 1 is 1.24 bits per heavy atom. The van der Waals surface area contributed by atoms with E-state index in [1.165, 1.54) is 6.07 Å². The Kier molecular flexibility index (Phi) is 4.44. The summed E-state index contributed by atoms with van der Waals surface area (Å²) in [7, 11) is 4.86. The van der Waals surface area contributed by atoms with Gasteiger partial charge in [-0.3, -0.25) is 10.1 Å². The first-order valence-electron chi connectivity index (χ1n) is 6.24. The summed E-state index contributed by atoms with van der Waals surface area (Å²) in [6.45, 7) is 0. The number of hydrogen-bond donors (Lipinski definition) is 1. The molecule has 0 saturated carbocycles. The van der Waals surface area contributed by atoms with Gasteiger partial charge in [0, 0.05) is 11.6 Å². The molecule has 1 aromatic heterocycles. The van der Waals surface area contributed by atoms with Crippen LogP contribution in [0.4, 0.5) is 5.88 Å². The van der Waals surface area contributed by atoms with Crippen molar-refractivity contribution in [3.63, 3.8) is 0 Å². The fourth-order valence-electron chi connectivity index (χ4n) is 2.10. The van der Waals surface area contributed by atoms with Crippen LogP contribution in [0.2, 0.25) is 0 Å². The van der Waals surface area contributed by atoms with Gasteiger partial charge >= 0.3 is 5.88 Å².